The second kappa shape index (κ2) is 6.86. The minimum absolute atomic E-state index is 0.0752. The van der Waals surface area contributed by atoms with Gasteiger partial charge in [0.1, 0.15) is 5.60 Å². The number of hydrogen-bond donors (Lipinski definition) is 1. The summed E-state index contributed by atoms with van der Waals surface area (Å²) in [6, 6.07) is 10.8. The molecule has 0 unspecified atom stereocenters. The Morgan fingerprint density at radius 2 is 2.00 bits per heavy atom. The summed E-state index contributed by atoms with van der Waals surface area (Å²) in [5, 5.41) is 9.17. The zero-order valence-electron chi connectivity index (χ0n) is 16.0. The minimum atomic E-state index is -0.963. The Labute approximate surface area is 163 Å². The van der Waals surface area contributed by atoms with Crippen molar-refractivity contribution in [2.75, 3.05) is 13.2 Å². The third-order valence-corrected chi connectivity index (χ3v) is 5.22. The average molecular weight is 381 g/mol. The standard InChI is InChI=1S/C22H23NO5/c1-22(2)11-16-4-3-5-18(20(16)28-22)27-13-19(24)23-9-8-14-6-7-15(21(25)26)10-17(14)12-23/h3-7,10H,8-9,11-13H2,1-2H3,(H,25,26). The zero-order valence-corrected chi connectivity index (χ0v) is 16.0. The summed E-state index contributed by atoms with van der Waals surface area (Å²) in [6.07, 6.45) is 1.52. The lowest BCUT2D eigenvalue weighted by molar-refractivity contribution is -0.134. The molecule has 146 valence electrons. The van der Waals surface area contributed by atoms with E-state index in [0.29, 0.717) is 25.3 Å². The molecule has 0 atom stereocenters. The Hall–Kier alpha value is -3.02. The van der Waals surface area contributed by atoms with Crippen LogP contribution in [0.2, 0.25) is 0 Å². The quantitative estimate of drug-likeness (QED) is 0.881. The number of para-hydroxylation sites is 1. The fourth-order valence-corrected chi connectivity index (χ4v) is 3.83. The molecule has 0 aromatic heterocycles. The van der Waals surface area contributed by atoms with Gasteiger partial charge in [0, 0.05) is 25.1 Å². The Morgan fingerprint density at radius 3 is 2.79 bits per heavy atom. The van der Waals surface area contributed by atoms with E-state index in [2.05, 4.69) is 0 Å². The summed E-state index contributed by atoms with van der Waals surface area (Å²) >= 11 is 0. The van der Waals surface area contributed by atoms with E-state index in [9.17, 15) is 14.7 Å². The number of rotatable bonds is 4. The van der Waals surface area contributed by atoms with Crippen LogP contribution in [0.5, 0.6) is 11.5 Å². The zero-order chi connectivity index (χ0) is 19.9. The number of ether oxygens (including phenoxy) is 2. The monoisotopic (exact) mass is 381 g/mol. The molecule has 6 nitrogen and oxygen atoms in total. The number of hydrogen-bond acceptors (Lipinski definition) is 4. The number of amides is 1. The second-order valence-electron chi connectivity index (χ2n) is 7.93. The molecule has 0 saturated carbocycles. The fraction of sp³-hybridized carbons (Fsp3) is 0.364. The summed E-state index contributed by atoms with van der Waals surface area (Å²) in [6.45, 7) is 4.97. The lowest BCUT2D eigenvalue weighted by atomic mass is 9.97. The smallest absolute Gasteiger partial charge is 0.335 e. The van der Waals surface area contributed by atoms with Gasteiger partial charge in [0.05, 0.1) is 5.56 Å². The summed E-state index contributed by atoms with van der Waals surface area (Å²) < 4.78 is 11.8. The summed E-state index contributed by atoms with van der Waals surface area (Å²) in [5.74, 6) is 0.217. The van der Waals surface area contributed by atoms with Gasteiger partial charge >= 0.3 is 5.97 Å². The van der Waals surface area contributed by atoms with Crippen molar-refractivity contribution in [2.45, 2.75) is 38.8 Å². The van der Waals surface area contributed by atoms with Crippen LogP contribution in [0.15, 0.2) is 36.4 Å². The topological polar surface area (TPSA) is 76.1 Å². The van der Waals surface area contributed by atoms with Crippen LogP contribution in [-0.2, 0) is 24.2 Å². The SMILES string of the molecule is CC1(C)Cc2cccc(OCC(=O)N3CCc4ccc(C(=O)O)cc4C3)c2O1. The van der Waals surface area contributed by atoms with Crippen molar-refractivity contribution in [2.24, 2.45) is 0 Å². The maximum Gasteiger partial charge on any atom is 0.335 e. The molecule has 0 radical (unpaired) electrons. The van der Waals surface area contributed by atoms with Crippen molar-refractivity contribution in [3.8, 4) is 11.5 Å². The van der Waals surface area contributed by atoms with Gasteiger partial charge in [-0.2, -0.15) is 0 Å². The normalized spacial score (nSPS) is 16.7. The lowest BCUT2D eigenvalue weighted by Crippen LogP contribution is -2.39. The number of carboxylic acid groups (broad SMARTS) is 1. The Kier molecular flexibility index (Phi) is 4.49. The van der Waals surface area contributed by atoms with Gasteiger partial charge in [-0.15, -0.1) is 0 Å². The van der Waals surface area contributed by atoms with Crippen LogP contribution in [0.4, 0.5) is 0 Å². The number of benzene rings is 2. The number of carbonyl (C=O) groups is 2. The highest BCUT2D eigenvalue weighted by molar-refractivity contribution is 5.88. The van der Waals surface area contributed by atoms with Crippen molar-refractivity contribution in [3.63, 3.8) is 0 Å². The van der Waals surface area contributed by atoms with E-state index in [1.54, 1.807) is 17.0 Å². The van der Waals surface area contributed by atoms with Gasteiger partial charge in [-0.05, 0) is 49.6 Å². The highest BCUT2D eigenvalue weighted by Gasteiger charge is 2.32. The fourth-order valence-electron chi connectivity index (χ4n) is 3.83. The van der Waals surface area contributed by atoms with Crippen LogP contribution in [-0.4, -0.2) is 40.6 Å². The molecular weight excluding hydrogens is 358 g/mol. The molecular formula is C22H23NO5. The van der Waals surface area contributed by atoms with E-state index in [0.717, 1.165) is 28.9 Å². The van der Waals surface area contributed by atoms with Gasteiger partial charge in [0.2, 0.25) is 0 Å². The predicted octanol–water partition coefficient (Wildman–Crippen LogP) is 3.06. The molecule has 2 aliphatic heterocycles. The van der Waals surface area contributed by atoms with E-state index >= 15 is 0 Å². The van der Waals surface area contributed by atoms with Gasteiger partial charge in [-0.25, -0.2) is 4.79 Å². The number of aromatic carboxylic acids is 1. The molecule has 1 amide bonds. The largest absolute Gasteiger partial charge is 0.483 e. The molecule has 6 heteroatoms. The van der Waals surface area contributed by atoms with Gasteiger partial charge in [-0.3, -0.25) is 4.79 Å². The number of carboxylic acids is 1. The van der Waals surface area contributed by atoms with E-state index < -0.39 is 5.97 Å². The second-order valence-corrected chi connectivity index (χ2v) is 7.93. The van der Waals surface area contributed by atoms with E-state index in [1.165, 1.54) is 0 Å². The number of nitrogens with zero attached hydrogens (tertiary/aromatic N) is 1. The van der Waals surface area contributed by atoms with Gasteiger partial charge in [-0.1, -0.05) is 18.2 Å². The first-order valence-corrected chi connectivity index (χ1v) is 9.39. The highest BCUT2D eigenvalue weighted by atomic mass is 16.5. The highest BCUT2D eigenvalue weighted by Crippen LogP contribution is 2.41. The van der Waals surface area contributed by atoms with Crippen molar-refractivity contribution in [1.29, 1.82) is 0 Å². The van der Waals surface area contributed by atoms with Crippen LogP contribution < -0.4 is 9.47 Å². The van der Waals surface area contributed by atoms with Crippen LogP contribution >= 0.6 is 0 Å². The van der Waals surface area contributed by atoms with Crippen molar-refractivity contribution in [3.05, 3.63) is 58.7 Å². The van der Waals surface area contributed by atoms with E-state index in [-0.39, 0.29) is 23.7 Å². The van der Waals surface area contributed by atoms with Crippen molar-refractivity contribution >= 4 is 11.9 Å². The Bertz CT molecular complexity index is 950. The van der Waals surface area contributed by atoms with Gasteiger partial charge in [0.25, 0.3) is 5.91 Å². The van der Waals surface area contributed by atoms with Crippen molar-refractivity contribution < 1.29 is 24.2 Å². The molecule has 1 N–H and O–H groups in total. The third-order valence-electron chi connectivity index (χ3n) is 5.22. The van der Waals surface area contributed by atoms with E-state index in [4.69, 9.17) is 9.47 Å². The number of fused-ring (bicyclic) bond motifs is 2. The van der Waals surface area contributed by atoms with Crippen LogP contribution in [0.3, 0.4) is 0 Å². The summed E-state index contributed by atoms with van der Waals surface area (Å²) in [5.41, 5.74) is 3.02. The molecule has 0 saturated heterocycles. The Balaban J connectivity index is 1.43. The van der Waals surface area contributed by atoms with Gasteiger partial charge < -0.3 is 19.5 Å². The molecule has 0 bridgehead atoms. The van der Waals surface area contributed by atoms with Crippen LogP contribution in [0.1, 0.15) is 40.9 Å². The van der Waals surface area contributed by atoms with Crippen LogP contribution in [0, 0.1) is 0 Å². The van der Waals surface area contributed by atoms with Gasteiger partial charge in [0.15, 0.2) is 18.1 Å². The van der Waals surface area contributed by atoms with E-state index in [1.807, 2.05) is 38.1 Å². The molecule has 2 aromatic carbocycles. The molecule has 0 fully saturated rings. The molecule has 2 heterocycles. The summed E-state index contributed by atoms with van der Waals surface area (Å²) in [4.78, 5) is 25.6. The molecule has 2 aromatic rings. The third kappa shape index (κ3) is 3.54. The summed E-state index contributed by atoms with van der Waals surface area (Å²) in [7, 11) is 0. The first-order valence-electron chi connectivity index (χ1n) is 9.39. The molecule has 0 aliphatic carbocycles. The molecule has 4 rings (SSSR count). The Morgan fingerprint density at radius 1 is 1.18 bits per heavy atom. The number of carbonyl (C=O) groups excluding carboxylic acids is 1. The average Bonchev–Trinajstić information content (AvgIpc) is 2.99. The lowest BCUT2D eigenvalue weighted by Gasteiger charge is -2.29. The molecule has 0 spiro atoms. The van der Waals surface area contributed by atoms with Crippen LogP contribution in [0.25, 0.3) is 0 Å². The maximum atomic E-state index is 12.7. The minimum Gasteiger partial charge on any atom is -0.483 e. The first-order chi connectivity index (χ1) is 13.3. The maximum absolute atomic E-state index is 12.7. The van der Waals surface area contributed by atoms with Crippen molar-refractivity contribution in [1.82, 2.24) is 4.90 Å². The molecule has 2 aliphatic rings. The first kappa shape index (κ1) is 18.3. The predicted molar refractivity (Wildman–Crippen MR) is 103 cm³/mol. The molecule has 28 heavy (non-hydrogen) atoms.